The van der Waals surface area contributed by atoms with Gasteiger partial charge < -0.3 is 15.4 Å². The van der Waals surface area contributed by atoms with Crippen LogP contribution in [0.3, 0.4) is 0 Å². The van der Waals surface area contributed by atoms with E-state index in [0.29, 0.717) is 22.7 Å². The van der Waals surface area contributed by atoms with Gasteiger partial charge in [0.2, 0.25) is 5.88 Å². The zero-order valence-corrected chi connectivity index (χ0v) is 18.9. The van der Waals surface area contributed by atoms with Crippen LogP contribution in [-0.4, -0.2) is 47.8 Å². The van der Waals surface area contributed by atoms with Gasteiger partial charge in [-0.3, -0.25) is 4.99 Å². The Morgan fingerprint density at radius 1 is 1.19 bits per heavy atom. The van der Waals surface area contributed by atoms with Crippen molar-refractivity contribution in [3.05, 3.63) is 48.0 Å². The second-order valence-corrected chi connectivity index (χ2v) is 11.2. The maximum Gasteiger partial charge on any atom is 0.229 e. The lowest BCUT2D eigenvalue weighted by Gasteiger charge is -2.40. The lowest BCUT2D eigenvalue weighted by atomic mass is 9.91. The average molecular weight is 459 g/mol. The lowest BCUT2D eigenvalue weighted by Crippen LogP contribution is -2.54. The van der Waals surface area contributed by atoms with Crippen LogP contribution in [0.2, 0.25) is 0 Å². The molecule has 9 nitrogen and oxygen atoms in total. The summed E-state index contributed by atoms with van der Waals surface area (Å²) in [5.41, 5.74) is 6.59. The minimum absolute atomic E-state index is 0.0231. The maximum absolute atomic E-state index is 15.0. The summed E-state index contributed by atoms with van der Waals surface area (Å²) >= 11 is 0. The predicted molar refractivity (Wildman–Crippen MR) is 119 cm³/mol. The van der Waals surface area contributed by atoms with Crippen LogP contribution in [0.5, 0.6) is 5.88 Å². The van der Waals surface area contributed by atoms with Crippen molar-refractivity contribution < 1.29 is 18.2 Å². The Kier molecular flexibility index (Phi) is 5.04. The van der Waals surface area contributed by atoms with E-state index in [-0.39, 0.29) is 23.0 Å². The van der Waals surface area contributed by atoms with Crippen LogP contribution in [0.1, 0.15) is 26.3 Å². The Hall–Kier alpha value is -3.34. The second kappa shape index (κ2) is 7.37. The van der Waals surface area contributed by atoms with Gasteiger partial charge in [0, 0.05) is 24.2 Å². The monoisotopic (exact) mass is 458 g/mol. The maximum atomic E-state index is 15.0. The van der Waals surface area contributed by atoms with Crippen molar-refractivity contribution in [1.82, 2.24) is 15.1 Å². The summed E-state index contributed by atoms with van der Waals surface area (Å²) in [5, 5.41) is 13.3. The van der Waals surface area contributed by atoms with Crippen LogP contribution in [0.4, 0.5) is 4.39 Å². The van der Waals surface area contributed by atoms with Gasteiger partial charge in [-0.1, -0.05) is 5.16 Å². The molecule has 3 heterocycles. The first-order valence-electron chi connectivity index (χ1n) is 9.76. The fourth-order valence-corrected chi connectivity index (χ4v) is 5.97. The van der Waals surface area contributed by atoms with Gasteiger partial charge >= 0.3 is 0 Å². The molecule has 1 aliphatic rings. The van der Waals surface area contributed by atoms with Crippen molar-refractivity contribution in [2.45, 2.75) is 31.1 Å². The first-order chi connectivity index (χ1) is 15.0. The fraction of sp³-hybridized carbons (Fsp3) is 0.333. The molecule has 0 amide bonds. The zero-order chi connectivity index (χ0) is 23.3. The molecule has 0 aliphatic carbocycles. The van der Waals surface area contributed by atoms with Crippen LogP contribution in [0.15, 0.2) is 50.5 Å². The number of halogens is 1. The number of nitrogens with two attached hydrogens (primary N) is 1. The van der Waals surface area contributed by atoms with E-state index in [4.69, 9.17) is 10.3 Å². The number of aromatic hydroxyl groups is 1. The van der Waals surface area contributed by atoms with Gasteiger partial charge in [-0.25, -0.2) is 22.9 Å². The molecular formula is C21H23FN6O3S. The molecule has 0 saturated heterocycles. The van der Waals surface area contributed by atoms with Crippen LogP contribution < -0.4 is 5.73 Å². The molecule has 0 fully saturated rings. The molecule has 1 aliphatic heterocycles. The molecule has 168 valence electrons. The van der Waals surface area contributed by atoms with E-state index in [9.17, 15) is 13.7 Å². The Morgan fingerprint density at radius 2 is 1.94 bits per heavy atom. The molecule has 11 heteroatoms. The molecule has 0 spiro atoms. The number of rotatable bonds is 3. The van der Waals surface area contributed by atoms with Crippen molar-refractivity contribution in [2.24, 2.45) is 15.1 Å². The van der Waals surface area contributed by atoms with Gasteiger partial charge in [-0.05, 0) is 39.0 Å². The molecule has 4 rings (SSSR count). The number of aliphatic imine (C=N–C) groups is 1. The summed E-state index contributed by atoms with van der Waals surface area (Å²) in [4.78, 5) is 12.4. The number of amidine groups is 1. The highest BCUT2D eigenvalue weighted by atomic mass is 32.2. The summed E-state index contributed by atoms with van der Waals surface area (Å²) in [6.45, 7) is 5.16. The fourth-order valence-electron chi connectivity index (χ4n) is 3.67. The first kappa shape index (κ1) is 21.9. The Bertz CT molecular complexity index is 1340. The van der Waals surface area contributed by atoms with Crippen LogP contribution in [0.25, 0.3) is 22.7 Å². The molecule has 32 heavy (non-hydrogen) atoms. The summed E-state index contributed by atoms with van der Waals surface area (Å²) in [5.74, 6) is -0.155. The number of benzene rings is 1. The number of hydrogen-bond acceptors (Lipinski definition) is 9. The predicted octanol–water partition coefficient (Wildman–Crippen LogP) is 3.11. The van der Waals surface area contributed by atoms with E-state index >= 15 is 0 Å². The summed E-state index contributed by atoms with van der Waals surface area (Å²) < 4.78 is 37.2. The lowest BCUT2D eigenvalue weighted by molar-refractivity contribution is 0.433. The molecule has 3 N–H and O–H groups in total. The normalized spacial score (nSPS) is 24.7. The number of nitrogens with zero attached hydrogens (tertiary/aromatic N) is 5. The van der Waals surface area contributed by atoms with Crippen LogP contribution in [0, 0.1) is 5.82 Å². The van der Waals surface area contributed by atoms with Gasteiger partial charge in [-0.15, -0.1) is 0 Å². The Labute approximate surface area is 184 Å². The number of aromatic nitrogens is 3. The van der Waals surface area contributed by atoms with Crippen molar-refractivity contribution >= 4 is 15.6 Å². The highest BCUT2D eigenvalue weighted by molar-refractivity contribution is 7.95. The van der Waals surface area contributed by atoms with Crippen LogP contribution in [-0.2, 0) is 15.3 Å². The zero-order valence-electron chi connectivity index (χ0n) is 18.0. The molecule has 0 bridgehead atoms. The van der Waals surface area contributed by atoms with E-state index in [0.717, 1.165) is 0 Å². The smallest absolute Gasteiger partial charge is 0.229 e. The largest absolute Gasteiger partial charge is 0.492 e. The third kappa shape index (κ3) is 3.42. The standard InChI is InChI=1S/C21H23FN6O3S/c1-20(2)19(23)27-21(3,11-32(20,30)24-4)13-7-12(5-6-14(13)22)17-8-15(28-31-17)16-9-26-18(29)10-25-16/h5-10H,11H2,1-4H3,(H2,23,27)(H,26,29)/t21-,32+/m0/s1. The molecular weight excluding hydrogens is 435 g/mol. The van der Waals surface area contributed by atoms with Gasteiger partial charge in [0.15, 0.2) is 5.76 Å². The van der Waals surface area contributed by atoms with Crippen molar-refractivity contribution in [2.75, 3.05) is 12.8 Å². The topological polar surface area (TPSA) is 140 Å². The SMILES string of the molecule is CN=[S@@]1(=O)C[C@@](C)(c2cc(-c3cc(-c4cnc(O)cn4)no3)ccc2F)N=C(N)C1(C)C. The summed E-state index contributed by atoms with van der Waals surface area (Å²) in [6, 6.07) is 6.07. The average Bonchev–Trinajstić information content (AvgIpc) is 3.23. The van der Waals surface area contributed by atoms with E-state index in [1.807, 2.05) is 0 Å². The molecule has 2 aromatic heterocycles. The third-order valence-corrected chi connectivity index (χ3v) is 9.14. The molecule has 0 radical (unpaired) electrons. The van der Waals surface area contributed by atoms with Crippen molar-refractivity contribution in [3.63, 3.8) is 0 Å². The molecule has 3 aromatic rings. The molecule has 0 unspecified atom stereocenters. The minimum atomic E-state index is -2.81. The Balaban J connectivity index is 1.78. The van der Waals surface area contributed by atoms with E-state index in [1.165, 1.54) is 25.5 Å². The van der Waals surface area contributed by atoms with Gasteiger partial charge in [0.25, 0.3) is 0 Å². The van der Waals surface area contributed by atoms with E-state index in [2.05, 4.69) is 24.5 Å². The quantitative estimate of drug-likeness (QED) is 0.614. The molecule has 0 saturated carbocycles. The summed E-state index contributed by atoms with van der Waals surface area (Å²) in [7, 11) is -1.33. The second-order valence-electron chi connectivity index (χ2n) is 8.28. The molecule has 2 atom stereocenters. The van der Waals surface area contributed by atoms with Gasteiger partial charge in [0.1, 0.15) is 33.3 Å². The van der Waals surface area contributed by atoms with E-state index < -0.39 is 25.8 Å². The van der Waals surface area contributed by atoms with Gasteiger partial charge in [0.05, 0.1) is 27.9 Å². The van der Waals surface area contributed by atoms with Crippen molar-refractivity contribution in [3.8, 4) is 28.6 Å². The van der Waals surface area contributed by atoms with Crippen LogP contribution >= 0.6 is 0 Å². The third-order valence-electron chi connectivity index (χ3n) is 5.79. The highest BCUT2D eigenvalue weighted by Crippen LogP contribution is 2.40. The van der Waals surface area contributed by atoms with E-state index in [1.54, 1.807) is 39.0 Å². The highest BCUT2D eigenvalue weighted by Gasteiger charge is 2.47. The van der Waals surface area contributed by atoms with Gasteiger partial charge in [-0.2, -0.15) is 0 Å². The minimum Gasteiger partial charge on any atom is -0.492 e. The molecule has 1 aromatic carbocycles. The Morgan fingerprint density at radius 3 is 2.59 bits per heavy atom. The number of hydrogen-bond donors (Lipinski definition) is 2. The first-order valence-corrected chi connectivity index (χ1v) is 11.4. The summed E-state index contributed by atoms with van der Waals surface area (Å²) in [6.07, 6.45) is 2.56. The van der Waals surface area contributed by atoms with Crippen molar-refractivity contribution in [1.29, 1.82) is 0 Å².